The average Bonchev–Trinajstić information content (AvgIpc) is 3.32. The molecule has 0 aliphatic carbocycles. The number of ether oxygens (including phenoxy) is 1. The molecule has 0 radical (unpaired) electrons. The molecule has 1 unspecified atom stereocenters. The molecular formula is C15H15N5O2S. The van der Waals surface area contributed by atoms with Gasteiger partial charge < -0.3 is 15.0 Å². The minimum atomic E-state index is -0.137. The van der Waals surface area contributed by atoms with Crippen LogP contribution < -0.4 is 5.32 Å². The van der Waals surface area contributed by atoms with Gasteiger partial charge in [0, 0.05) is 23.7 Å². The molecule has 0 bridgehead atoms. The summed E-state index contributed by atoms with van der Waals surface area (Å²) >= 11 is 1.63. The van der Waals surface area contributed by atoms with Crippen LogP contribution >= 0.6 is 11.3 Å². The van der Waals surface area contributed by atoms with Gasteiger partial charge in [-0.2, -0.15) is 11.3 Å². The first-order valence-electron chi connectivity index (χ1n) is 7.29. The molecule has 8 heteroatoms. The summed E-state index contributed by atoms with van der Waals surface area (Å²) in [5.41, 5.74) is 3.47. The maximum atomic E-state index is 11.9. The van der Waals surface area contributed by atoms with Crippen molar-refractivity contribution in [3.8, 4) is 11.3 Å². The lowest BCUT2D eigenvalue weighted by Crippen LogP contribution is -2.39. The Balaban J connectivity index is 1.41. The van der Waals surface area contributed by atoms with Gasteiger partial charge >= 0.3 is 0 Å². The van der Waals surface area contributed by atoms with Gasteiger partial charge in [-0.05, 0) is 23.6 Å². The van der Waals surface area contributed by atoms with Crippen LogP contribution in [0, 0.1) is 0 Å². The normalized spacial score (nSPS) is 17.0. The summed E-state index contributed by atoms with van der Waals surface area (Å²) in [5.74, 6) is -0.137. The van der Waals surface area contributed by atoms with Crippen molar-refractivity contribution in [1.82, 2.24) is 25.3 Å². The molecule has 118 valence electrons. The Morgan fingerprint density at radius 2 is 2.48 bits per heavy atom. The number of aromatic amines is 1. The lowest BCUT2D eigenvalue weighted by molar-refractivity contribution is 0.00174. The number of carbonyl (C=O) groups excluding carboxylic acids is 1. The zero-order valence-corrected chi connectivity index (χ0v) is 13.0. The van der Waals surface area contributed by atoms with Crippen LogP contribution in [0.15, 0.2) is 35.2 Å². The molecule has 1 atom stereocenters. The number of H-pyrrole nitrogens is 1. The molecule has 1 aliphatic heterocycles. The van der Waals surface area contributed by atoms with Crippen molar-refractivity contribution >= 4 is 17.2 Å². The highest BCUT2D eigenvalue weighted by molar-refractivity contribution is 7.08. The van der Waals surface area contributed by atoms with Crippen molar-refractivity contribution in [2.75, 3.05) is 6.54 Å². The van der Waals surface area contributed by atoms with Crippen molar-refractivity contribution in [3.05, 3.63) is 46.5 Å². The smallest absolute Gasteiger partial charge is 0.267 e. The van der Waals surface area contributed by atoms with Crippen LogP contribution in [-0.4, -0.2) is 38.5 Å². The van der Waals surface area contributed by atoms with E-state index in [9.17, 15) is 4.79 Å². The minimum Gasteiger partial charge on any atom is -0.368 e. The second-order valence-corrected chi connectivity index (χ2v) is 6.09. The van der Waals surface area contributed by atoms with E-state index < -0.39 is 0 Å². The Kier molecular flexibility index (Phi) is 3.68. The Labute approximate surface area is 136 Å². The Bertz CT molecular complexity index is 794. The summed E-state index contributed by atoms with van der Waals surface area (Å²) in [5, 5.41) is 15.4. The van der Waals surface area contributed by atoms with E-state index in [1.54, 1.807) is 29.7 Å². The number of hydrogen-bond donors (Lipinski definition) is 2. The van der Waals surface area contributed by atoms with Crippen molar-refractivity contribution in [2.45, 2.75) is 19.3 Å². The number of rotatable bonds is 4. The third-order valence-corrected chi connectivity index (χ3v) is 4.48. The zero-order chi connectivity index (χ0) is 15.6. The number of nitrogens with one attached hydrogen (secondary N) is 2. The second kappa shape index (κ2) is 5.98. The number of carbonyl (C=O) groups is 1. The first-order valence-corrected chi connectivity index (χ1v) is 8.23. The SMILES string of the molecule is O=C(NCC1Cn2nnc(-c3ccsc3)c2CO1)c1ccc[nH]1. The van der Waals surface area contributed by atoms with Crippen molar-refractivity contribution < 1.29 is 9.53 Å². The van der Waals surface area contributed by atoms with E-state index in [1.807, 2.05) is 21.5 Å². The van der Waals surface area contributed by atoms with Gasteiger partial charge in [0.15, 0.2) is 0 Å². The summed E-state index contributed by atoms with van der Waals surface area (Å²) in [7, 11) is 0. The molecule has 1 aliphatic rings. The molecule has 4 heterocycles. The zero-order valence-electron chi connectivity index (χ0n) is 12.2. The van der Waals surface area contributed by atoms with Gasteiger partial charge in [0.2, 0.25) is 0 Å². The number of thiophene rings is 1. The van der Waals surface area contributed by atoms with E-state index in [4.69, 9.17) is 4.74 Å². The molecule has 3 aromatic heterocycles. The average molecular weight is 329 g/mol. The third-order valence-electron chi connectivity index (χ3n) is 3.80. The molecular weight excluding hydrogens is 314 g/mol. The van der Waals surface area contributed by atoms with Gasteiger partial charge in [-0.25, -0.2) is 4.68 Å². The molecule has 7 nitrogen and oxygen atoms in total. The van der Waals surface area contributed by atoms with E-state index in [2.05, 4.69) is 20.6 Å². The highest BCUT2D eigenvalue weighted by atomic mass is 32.1. The molecule has 0 aromatic carbocycles. The fraction of sp³-hybridized carbons (Fsp3) is 0.267. The van der Waals surface area contributed by atoms with E-state index >= 15 is 0 Å². The molecule has 0 spiro atoms. The quantitative estimate of drug-likeness (QED) is 0.762. The molecule has 0 saturated heterocycles. The first kappa shape index (κ1) is 14.2. The summed E-state index contributed by atoms with van der Waals surface area (Å²) in [6.07, 6.45) is 1.61. The lowest BCUT2D eigenvalue weighted by atomic mass is 10.2. The van der Waals surface area contributed by atoms with E-state index in [0.29, 0.717) is 25.4 Å². The Morgan fingerprint density at radius 3 is 3.26 bits per heavy atom. The van der Waals surface area contributed by atoms with Crippen LogP contribution in [0.3, 0.4) is 0 Å². The van der Waals surface area contributed by atoms with Crippen LogP contribution in [0.1, 0.15) is 16.2 Å². The van der Waals surface area contributed by atoms with Gasteiger partial charge in [-0.3, -0.25) is 4.79 Å². The lowest BCUT2D eigenvalue weighted by Gasteiger charge is -2.24. The van der Waals surface area contributed by atoms with Gasteiger partial charge in [0.25, 0.3) is 5.91 Å². The fourth-order valence-electron chi connectivity index (χ4n) is 2.58. The number of fused-ring (bicyclic) bond motifs is 1. The Hall–Kier alpha value is -2.45. The van der Waals surface area contributed by atoms with Gasteiger partial charge in [-0.1, -0.05) is 5.21 Å². The maximum absolute atomic E-state index is 11.9. The molecule has 2 N–H and O–H groups in total. The highest BCUT2D eigenvalue weighted by Gasteiger charge is 2.25. The van der Waals surface area contributed by atoms with Gasteiger partial charge in [0.1, 0.15) is 11.4 Å². The largest absolute Gasteiger partial charge is 0.368 e. The molecule has 23 heavy (non-hydrogen) atoms. The topological polar surface area (TPSA) is 84.8 Å². The maximum Gasteiger partial charge on any atom is 0.267 e. The predicted octanol–water partition coefficient (Wildman–Crippen LogP) is 1.66. The first-order chi connectivity index (χ1) is 11.3. The number of nitrogens with zero attached hydrogens (tertiary/aromatic N) is 3. The van der Waals surface area contributed by atoms with Crippen LogP contribution in [-0.2, 0) is 17.9 Å². The molecule has 1 amide bonds. The van der Waals surface area contributed by atoms with Crippen LogP contribution in [0.5, 0.6) is 0 Å². The summed E-state index contributed by atoms with van der Waals surface area (Å²) in [6, 6.07) is 5.55. The van der Waals surface area contributed by atoms with Gasteiger partial charge in [0.05, 0.1) is 24.9 Å². The van der Waals surface area contributed by atoms with Crippen molar-refractivity contribution in [2.24, 2.45) is 0 Å². The standard InChI is InChI=1S/C15H15N5O2S/c21-15(12-2-1-4-16-12)17-6-11-7-20-13(8-22-11)14(18-19-20)10-3-5-23-9-10/h1-5,9,11,16H,6-8H2,(H,17,21). The van der Waals surface area contributed by atoms with Crippen LogP contribution in [0.4, 0.5) is 0 Å². The number of aromatic nitrogens is 4. The van der Waals surface area contributed by atoms with Crippen molar-refractivity contribution in [1.29, 1.82) is 0 Å². The number of hydrogen-bond acceptors (Lipinski definition) is 5. The summed E-state index contributed by atoms with van der Waals surface area (Å²) in [6.45, 7) is 1.46. The Morgan fingerprint density at radius 1 is 1.52 bits per heavy atom. The third kappa shape index (κ3) is 2.78. The van der Waals surface area contributed by atoms with Crippen LogP contribution in [0.2, 0.25) is 0 Å². The fourth-order valence-corrected chi connectivity index (χ4v) is 3.23. The summed E-state index contributed by atoms with van der Waals surface area (Å²) < 4.78 is 7.71. The second-order valence-electron chi connectivity index (χ2n) is 5.31. The minimum absolute atomic E-state index is 0.113. The highest BCUT2D eigenvalue weighted by Crippen LogP contribution is 2.26. The van der Waals surface area contributed by atoms with E-state index in [1.165, 1.54) is 0 Å². The van der Waals surface area contributed by atoms with E-state index in [-0.39, 0.29) is 12.0 Å². The summed E-state index contributed by atoms with van der Waals surface area (Å²) in [4.78, 5) is 14.8. The predicted molar refractivity (Wildman–Crippen MR) is 85.0 cm³/mol. The van der Waals surface area contributed by atoms with E-state index in [0.717, 1.165) is 17.0 Å². The van der Waals surface area contributed by atoms with Gasteiger partial charge in [-0.15, -0.1) is 5.10 Å². The molecule has 3 aromatic rings. The molecule has 0 saturated carbocycles. The molecule has 0 fully saturated rings. The molecule has 4 rings (SSSR count). The van der Waals surface area contributed by atoms with Crippen molar-refractivity contribution in [3.63, 3.8) is 0 Å². The number of amides is 1. The van der Waals surface area contributed by atoms with Crippen LogP contribution in [0.25, 0.3) is 11.3 Å². The monoisotopic (exact) mass is 329 g/mol.